The summed E-state index contributed by atoms with van der Waals surface area (Å²) in [5, 5.41) is 14.0. The highest BCUT2D eigenvalue weighted by atomic mass is 14.9. The Morgan fingerprint density at radius 2 is 1.36 bits per heavy atom. The van der Waals surface area contributed by atoms with Gasteiger partial charge in [-0.1, -0.05) is 139 Å². The Kier molecular flexibility index (Phi) is 8.10. The van der Waals surface area contributed by atoms with E-state index in [2.05, 4.69) is 189 Å². The van der Waals surface area contributed by atoms with Gasteiger partial charge in [0.15, 0.2) is 0 Å². The number of fused-ring (bicyclic) bond motifs is 4. The first kappa shape index (κ1) is 33.1. The summed E-state index contributed by atoms with van der Waals surface area (Å²) >= 11 is 0. The Bertz CT molecular complexity index is 2840. The third-order valence-electron chi connectivity index (χ3n) is 11.9. The van der Waals surface area contributed by atoms with Crippen molar-refractivity contribution < 1.29 is 0 Å². The molecule has 0 fully saturated rings. The first-order valence-corrected chi connectivity index (χ1v) is 19.5. The lowest BCUT2D eigenvalue weighted by Crippen LogP contribution is -2.26. The summed E-state index contributed by atoms with van der Waals surface area (Å²) in [5.41, 5.74) is 16.1. The molecule has 0 spiro atoms. The van der Waals surface area contributed by atoms with Gasteiger partial charge in [-0.25, -0.2) is 0 Å². The van der Waals surface area contributed by atoms with Gasteiger partial charge in [-0.2, -0.15) is 0 Å². The minimum absolute atomic E-state index is 0.0433. The lowest BCUT2D eigenvalue weighted by atomic mass is 9.72. The van der Waals surface area contributed by atoms with Crippen LogP contribution in [0.3, 0.4) is 0 Å². The number of pyridine rings is 1. The van der Waals surface area contributed by atoms with Crippen molar-refractivity contribution in [2.45, 2.75) is 32.7 Å². The number of aryl methyl sites for hydroxylation is 2. The SMILES string of the molecule is Cc1ccc2c(C3=CC(c4cccc5cc(C)ccc45)NC(C4=CC(c5ccnc6ccccc56)[C@@H](C)C(C5=CCNc6ccccc65)=C4)=C3)cccc2c1. The van der Waals surface area contributed by atoms with Gasteiger partial charge in [-0.3, -0.25) is 4.98 Å². The summed E-state index contributed by atoms with van der Waals surface area (Å²) in [6, 6.07) is 46.6. The van der Waals surface area contributed by atoms with Gasteiger partial charge in [-0.15, -0.1) is 0 Å². The molecule has 55 heavy (non-hydrogen) atoms. The zero-order valence-electron chi connectivity index (χ0n) is 31.5. The predicted octanol–water partition coefficient (Wildman–Crippen LogP) is 12.6. The summed E-state index contributed by atoms with van der Waals surface area (Å²) in [6.07, 6.45) is 14.2. The molecule has 0 amide bonds. The van der Waals surface area contributed by atoms with E-state index in [-0.39, 0.29) is 17.9 Å². The first-order chi connectivity index (χ1) is 27.0. The summed E-state index contributed by atoms with van der Waals surface area (Å²) in [4.78, 5) is 4.77. The quantitative estimate of drug-likeness (QED) is 0.187. The van der Waals surface area contributed by atoms with Crippen molar-refractivity contribution in [2.24, 2.45) is 5.92 Å². The molecule has 6 aromatic carbocycles. The number of nitrogens with zero attached hydrogens (tertiary/aromatic N) is 1. The smallest absolute Gasteiger partial charge is 0.0713 e. The maximum absolute atomic E-state index is 4.77. The van der Waals surface area contributed by atoms with E-state index in [4.69, 9.17) is 4.98 Å². The molecular formula is C52H43N3. The first-order valence-electron chi connectivity index (χ1n) is 19.5. The fourth-order valence-electron chi connectivity index (χ4n) is 9.15. The fourth-order valence-corrected chi connectivity index (χ4v) is 9.15. The van der Waals surface area contributed by atoms with Crippen LogP contribution in [0.25, 0.3) is 43.6 Å². The van der Waals surface area contributed by atoms with Crippen molar-refractivity contribution in [1.29, 1.82) is 0 Å². The van der Waals surface area contributed by atoms with E-state index < -0.39 is 0 Å². The topological polar surface area (TPSA) is 37.0 Å². The zero-order chi connectivity index (χ0) is 37.0. The zero-order valence-corrected chi connectivity index (χ0v) is 31.5. The summed E-state index contributed by atoms with van der Waals surface area (Å²) < 4.78 is 0. The molecular weight excluding hydrogens is 667 g/mol. The number of rotatable bonds is 5. The second kappa shape index (κ2) is 13.4. The second-order valence-corrected chi connectivity index (χ2v) is 15.4. The van der Waals surface area contributed by atoms with Crippen molar-refractivity contribution in [3.05, 3.63) is 214 Å². The number of aromatic nitrogens is 1. The molecule has 10 rings (SSSR count). The maximum atomic E-state index is 4.77. The minimum atomic E-state index is -0.0433. The number of hydrogen-bond donors (Lipinski definition) is 2. The highest BCUT2D eigenvalue weighted by molar-refractivity contribution is 5.98. The second-order valence-electron chi connectivity index (χ2n) is 15.4. The molecule has 3 heterocycles. The van der Waals surface area contributed by atoms with Gasteiger partial charge in [0.05, 0.1) is 11.6 Å². The summed E-state index contributed by atoms with van der Waals surface area (Å²) in [6.45, 7) is 7.54. The predicted molar refractivity (Wildman–Crippen MR) is 232 cm³/mol. The molecule has 0 saturated heterocycles. The van der Waals surface area contributed by atoms with E-state index in [1.165, 1.54) is 88.3 Å². The molecule has 2 aliphatic heterocycles. The van der Waals surface area contributed by atoms with Crippen LogP contribution in [0.1, 0.15) is 52.3 Å². The van der Waals surface area contributed by atoms with E-state index in [0.717, 1.165) is 17.8 Å². The average Bonchev–Trinajstić information content (AvgIpc) is 3.22. The maximum Gasteiger partial charge on any atom is 0.0713 e. The Hall–Kier alpha value is -6.45. The Balaban J connectivity index is 1.19. The van der Waals surface area contributed by atoms with Gasteiger partial charge in [-0.05, 0) is 117 Å². The molecule has 1 aromatic heterocycles. The molecule has 2 N–H and O–H groups in total. The van der Waals surface area contributed by atoms with Crippen molar-refractivity contribution in [3.8, 4) is 0 Å². The molecule has 3 atom stereocenters. The molecule has 7 aromatic rings. The van der Waals surface area contributed by atoms with Crippen LogP contribution in [0.4, 0.5) is 5.69 Å². The minimum Gasteiger partial charge on any atom is -0.381 e. The number of dihydropyridines is 1. The number of benzene rings is 6. The highest BCUT2D eigenvalue weighted by Crippen LogP contribution is 2.47. The summed E-state index contributed by atoms with van der Waals surface area (Å²) in [5.74, 6) is 0.354. The van der Waals surface area contributed by atoms with Crippen LogP contribution in [0.2, 0.25) is 0 Å². The molecule has 0 saturated carbocycles. The lowest BCUT2D eigenvalue weighted by Gasteiger charge is -2.35. The number of hydrogen-bond acceptors (Lipinski definition) is 3. The molecule has 3 heteroatoms. The molecule has 3 nitrogen and oxygen atoms in total. The van der Waals surface area contributed by atoms with E-state index >= 15 is 0 Å². The molecule has 3 aliphatic rings. The van der Waals surface area contributed by atoms with E-state index in [1.807, 2.05) is 6.20 Å². The van der Waals surface area contributed by atoms with E-state index in [1.54, 1.807) is 0 Å². The summed E-state index contributed by atoms with van der Waals surface area (Å²) in [7, 11) is 0. The van der Waals surface area contributed by atoms with Crippen LogP contribution in [-0.2, 0) is 0 Å². The number of allylic oxidation sites excluding steroid dienone is 6. The molecule has 0 radical (unpaired) electrons. The van der Waals surface area contributed by atoms with Gasteiger partial charge >= 0.3 is 0 Å². The van der Waals surface area contributed by atoms with Crippen LogP contribution < -0.4 is 10.6 Å². The Morgan fingerprint density at radius 1 is 0.618 bits per heavy atom. The van der Waals surface area contributed by atoms with Gasteiger partial charge in [0, 0.05) is 41.0 Å². The van der Waals surface area contributed by atoms with Crippen molar-refractivity contribution in [2.75, 3.05) is 11.9 Å². The van der Waals surface area contributed by atoms with Crippen LogP contribution in [-0.4, -0.2) is 11.5 Å². The van der Waals surface area contributed by atoms with Crippen LogP contribution in [0.15, 0.2) is 181 Å². The molecule has 2 unspecified atom stereocenters. The van der Waals surface area contributed by atoms with E-state index in [0.29, 0.717) is 0 Å². The van der Waals surface area contributed by atoms with Crippen LogP contribution in [0, 0.1) is 19.8 Å². The van der Waals surface area contributed by atoms with Gasteiger partial charge in [0.1, 0.15) is 0 Å². The number of anilines is 1. The van der Waals surface area contributed by atoms with Crippen LogP contribution >= 0.6 is 0 Å². The number of para-hydroxylation sites is 2. The van der Waals surface area contributed by atoms with Crippen LogP contribution in [0.5, 0.6) is 0 Å². The standard InChI is InChI=1S/C52H43N3/c1-32-18-20-40-35(26-32)10-8-14-39(40)37-30-51(55-52(31-37)44-15-9-11-36-27-33(2)19-21-41(36)44)38-28-47(42-22-24-53-49-16-6-4-12-45(42)49)34(3)48(29-38)43-23-25-54-50-17-7-5-13-46(43)50/h4-24,26-31,34,47,52,54-55H,25H2,1-3H3/t34-,47?,52?/m1/s1. The number of nitrogens with one attached hydrogen (secondary N) is 2. The van der Waals surface area contributed by atoms with Crippen molar-refractivity contribution in [3.63, 3.8) is 0 Å². The van der Waals surface area contributed by atoms with Gasteiger partial charge < -0.3 is 10.6 Å². The van der Waals surface area contributed by atoms with E-state index in [9.17, 15) is 0 Å². The lowest BCUT2D eigenvalue weighted by molar-refractivity contribution is 0.609. The normalized spacial score (nSPS) is 19.4. The van der Waals surface area contributed by atoms with Gasteiger partial charge in [0.25, 0.3) is 0 Å². The monoisotopic (exact) mass is 709 g/mol. The highest BCUT2D eigenvalue weighted by Gasteiger charge is 2.32. The average molecular weight is 710 g/mol. The van der Waals surface area contributed by atoms with Crippen molar-refractivity contribution in [1.82, 2.24) is 10.3 Å². The third-order valence-corrected chi connectivity index (χ3v) is 11.9. The Labute approximate surface area is 323 Å². The molecule has 0 bridgehead atoms. The molecule has 266 valence electrons. The molecule has 1 aliphatic carbocycles. The largest absolute Gasteiger partial charge is 0.381 e. The van der Waals surface area contributed by atoms with Crippen molar-refractivity contribution >= 4 is 49.3 Å². The third kappa shape index (κ3) is 5.88. The van der Waals surface area contributed by atoms with Gasteiger partial charge in [0.2, 0.25) is 0 Å². The fraction of sp³-hybridized carbons (Fsp3) is 0.135. The Morgan fingerprint density at radius 3 is 2.24 bits per heavy atom.